The van der Waals surface area contributed by atoms with Crippen molar-refractivity contribution in [2.45, 2.75) is 51.3 Å². The number of hydrogen-bond donors (Lipinski definition) is 1. The highest BCUT2D eigenvalue weighted by molar-refractivity contribution is 7.90. The van der Waals surface area contributed by atoms with Gasteiger partial charge in [-0.15, -0.1) is 0 Å². The van der Waals surface area contributed by atoms with Gasteiger partial charge in [-0.25, -0.2) is 13.4 Å². The van der Waals surface area contributed by atoms with Gasteiger partial charge in [-0.1, -0.05) is 43.7 Å². The van der Waals surface area contributed by atoms with Crippen LogP contribution in [0.2, 0.25) is 0 Å². The van der Waals surface area contributed by atoms with Gasteiger partial charge in [0.15, 0.2) is 5.11 Å². The van der Waals surface area contributed by atoms with Gasteiger partial charge in [0.2, 0.25) is 15.0 Å². The van der Waals surface area contributed by atoms with E-state index in [0.29, 0.717) is 24.7 Å². The number of thiocarbonyl (C=S) groups is 1. The first-order valence-electron chi connectivity index (χ1n) is 12.7. The zero-order chi connectivity index (χ0) is 28.0. The molecule has 0 saturated heterocycles. The molecule has 0 bridgehead atoms. The number of aromatic nitrogens is 2. The molecule has 0 atom stereocenters. The maximum absolute atomic E-state index is 13.5. The summed E-state index contributed by atoms with van der Waals surface area (Å²) in [7, 11) is -2.07. The lowest BCUT2D eigenvalue weighted by atomic mass is 10.2. The Bertz CT molecular complexity index is 1490. The van der Waals surface area contributed by atoms with E-state index in [4.69, 9.17) is 21.4 Å². The summed E-state index contributed by atoms with van der Waals surface area (Å²) in [6, 6.07) is 18.7. The fourth-order valence-electron chi connectivity index (χ4n) is 4.28. The first kappa shape index (κ1) is 28.4. The highest BCUT2D eigenvalue weighted by Gasteiger charge is 2.26. The van der Waals surface area contributed by atoms with Crippen molar-refractivity contribution in [3.05, 3.63) is 95.7 Å². The number of sulfone groups is 1. The standard InChI is InChI=1S/C29H34N4O4S2/c1-21(2)17-33-25(16-30-29(33)39(34,35)20-23-8-5-7-22(3)15-23)18-32(19-27-9-6-14-37-27)28(38)31-24-10-12-26(36-4)13-11-24/h5-16,21H,17-20H2,1-4H3,(H,31,38). The Hall–Kier alpha value is -3.63. The predicted molar refractivity (Wildman–Crippen MR) is 156 cm³/mol. The molecular formula is C29H34N4O4S2. The minimum atomic E-state index is -3.69. The van der Waals surface area contributed by atoms with Crippen molar-refractivity contribution in [3.8, 4) is 5.75 Å². The van der Waals surface area contributed by atoms with Crippen LogP contribution in [0.25, 0.3) is 0 Å². The van der Waals surface area contributed by atoms with Gasteiger partial charge in [0.1, 0.15) is 11.5 Å². The second-order valence-electron chi connectivity index (χ2n) is 9.88. The smallest absolute Gasteiger partial charge is 0.228 e. The molecule has 0 aliphatic rings. The van der Waals surface area contributed by atoms with E-state index in [9.17, 15) is 8.42 Å². The number of nitrogens with one attached hydrogen (secondary N) is 1. The van der Waals surface area contributed by atoms with Crippen LogP contribution in [0.4, 0.5) is 5.69 Å². The number of rotatable bonds is 11. The highest BCUT2D eigenvalue weighted by Crippen LogP contribution is 2.22. The third kappa shape index (κ3) is 7.48. The van der Waals surface area contributed by atoms with E-state index in [1.54, 1.807) is 24.1 Å². The third-order valence-corrected chi connectivity index (χ3v) is 8.03. The van der Waals surface area contributed by atoms with E-state index in [0.717, 1.165) is 34.0 Å². The van der Waals surface area contributed by atoms with E-state index in [2.05, 4.69) is 24.1 Å². The molecule has 0 saturated carbocycles. The molecule has 0 spiro atoms. The van der Waals surface area contributed by atoms with Gasteiger partial charge in [-0.3, -0.25) is 0 Å². The monoisotopic (exact) mass is 566 g/mol. The summed E-state index contributed by atoms with van der Waals surface area (Å²) >= 11 is 5.80. The molecule has 4 rings (SSSR count). The van der Waals surface area contributed by atoms with E-state index in [1.807, 2.05) is 72.5 Å². The van der Waals surface area contributed by atoms with Crippen molar-refractivity contribution >= 4 is 32.9 Å². The van der Waals surface area contributed by atoms with Crippen molar-refractivity contribution < 1.29 is 17.6 Å². The molecule has 206 valence electrons. The summed E-state index contributed by atoms with van der Waals surface area (Å²) in [5.74, 6) is 1.57. The van der Waals surface area contributed by atoms with Crippen LogP contribution in [0, 0.1) is 12.8 Å². The number of furan rings is 1. The number of hydrogen-bond acceptors (Lipinski definition) is 6. The second-order valence-corrected chi connectivity index (χ2v) is 12.1. The Kier molecular flexibility index (Phi) is 9.08. The maximum Gasteiger partial charge on any atom is 0.228 e. The molecule has 10 heteroatoms. The van der Waals surface area contributed by atoms with Gasteiger partial charge in [-0.05, 0) is 67.0 Å². The summed E-state index contributed by atoms with van der Waals surface area (Å²) in [4.78, 5) is 6.35. The molecule has 1 N–H and O–H groups in total. The van der Waals surface area contributed by atoms with Crippen LogP contribution in [0.5, 0.6) is 5.75 Å². The number of imidazole rings is 1. The van der Waals surface area contributed by atoms with Gasteiger partial charge >= 0.3 is 0 Å². The first-order valence-corrected chi connectivity index (χ1v) is 14.8. The molecule has 2 aromatic carbocycles. The van der Waals surface area contributed by atoms with Crippen molar-refractivity contribution in [2.75, 3.05) is 12.4 Å². The van der Waals surface area contributed by atoms with Crippen LogP contribution in [0.3, 0.4) is 0 Å². The fourth-order valence-corrected chi connectivity index (χ4v) is 6.01. The predicted octanol–water partition coefficient (Wildman–Crippen LogP) is 5.82. The Morgan fingerprint density at radius 2 is 1.90 bits per heavy atom. The summed E-state index contributed by atoms with van der Waals surface area (Å²) in [5.41, 5.74) is 3.31. The van der Waals surface area contributed by atoms with E-state index in [1.165, 1.54) is 0 Å². The lowest BCUT2D eigenvalue weighted by molar-refractivity contribution is 0.345. The van der Waals surface area contributed by atoms with Crippen LogP contribution in [0.1, 0.15) is 36.4 Å². The number of aryl methyl sites for hydroxylation is 1. The molecular weight excluding hydrogens is 532 g/mol. The van der Waals surface area contributed by atoms with Gasteiger partial charge in [0.25, 0.3) is 0 Å². The molecule has 39 heavy (non-hydrogen) atoms. The van der Waals surface area contributed by atoms with Gasteiger partial charge < -0.3 is 23.9 Å². The Morgan fingerprint density at radius 3 is 2.54 bits per heavy atom. The number of benzene rings is 2. The molecule has 8 nitrogen and oxygen atoms in total. The van der Waals surface area contributed by atoms with E-state index >= 15 is 0 Å². The number of anilines is 1. The Morgan fingerprint density at radius 1 is 1.13 bits per heavy atom. The Balaban J connectivity index is 1.63. The molecule has 0 fully saturated rings. The quantitative estimate of drug-likeness (QED) is 0.227. The molecule has 0 aliphatic carbocycles. The maximum atomic E-state index is 13.5. The third-order valence-electron chi connectivity index (χ3n) is 6.07. The summed E-state index contributed by atoms with van der Waals surface area (Å²) < 4.78 is 39.7. The van der Waals surface area contributed by atoms with Crippen LogP contribution in [0.15, 0.2) is 82.7 Å². The normalized spacial score (nSPS) is 11.5. The minimum absolute atomic E-state index is 0.0692. The fraction of sp³-hybridized carbons (Fsp3) is 0.310. The topological polar surface area (TPSA) is 89.6 Å². The molecule has 2 aromatic heterocycles. The zero-order valence-corrected chi connectivity index (χ0v) is 24.3. The highest BCUT2D eigenvalue weighted by atomic mass is 32.2. The van der Waals surface area contributed by atoms with Crippen LogP contribution in [-0.2, 0) is 35.2 Å². The number of methoxy groups -OCH3 is 1. The van der Waals surface area contributed by atoms with Gasteiger partial charge in [-0.2, -0.15) is 0 Å². The minimum Gasteiger partial charge on any atom is -0.497 e. The average molecular weight is 567 g/mol. The largest absolute Gasteiger partial charge is 0.497 e. The van der Waals surface area contributed by atoms with Crippen LogP contribution >= 0.6 is 12.2 Å². The SMILES string of the molecule is COc1ccc(NC(=S)N(Cc2ccco2)Cc2cnc(S(=O)(=O)Cc3cccc(C)c3)n2CC(C)C)cc1. The summed E-state index contributed by atoms with van der Waals surface area (Å²) in [5, 5.41) is 3.81. The molecule has 2 heterocycles. The first-order chi connectivity index (χ1) is 18.6. The lowest BCUT2D eigenvalue weighted by Crippen LogP contribution is -2.34. The summed E-state index contributed by atoms with van der Waals surface area (Å²) in [6.07, 6.45) is 3.25. The summed E-state index contributed by atoms with van der Waals surface area (Å²) in [6.45, 7) is 7.29. The van der Waals surface area contributed by atoms with Crippen molar-refractivity contribution in [1.29, 1.82) is 0 Å². The zero-order valence-electron chi connectivity index (χ0n) is 22.6. The molecule has 4 aromatic rings. The molecule has 0 unspecified atom stereocenters. The van der Waals surface area contributed by atoms with E-state index < -0.39 is 9.84 Å². The van der Waals surface area contributed by atoms with Crippen molar-refractivity contribution in [2.24, 2.45) is 5.92 Å². The van der Waals surface area contributed by atoms with E-state index in [-0.39, 0.29) is 16.8 Å². The molecule has 0 radical (unpaired) electrons. The Labute approximate surface area is 235 Å². The van der Waals surface area contributed by atoms with Crippen molar-refractivity contribution in [3.63, 3.8) is 0 Å². The van der Waals surface area contributed by atoms with Crippen LogP contribution < -0.4 is 10.1 Å². The van der Waals surface area contributed by atoms with Gasteiger partial charge in [0.05, 0.1) is 44.1 Å². The van der Waals surface area contributed by atoms with Crippen molar-refractivity contribution in [1.82, 2.24) is 14.5 Å². The average Bonchev–Trinajstić information content (AvgIpc) is 3.54. The van der Waals surface area contributed by atoms with Gasteiger partial charge in [0, 0.05) is 12.2 Å². The number of nitrogens with zero attached hydrogens (tertiary/aromatic N) is 3. The lowest BCUT2D eigenvalue weighted by Gasteiger charge is -2.26. The number of ether oxygens (including phenoxy) is 1. The van der Waals surface area contributed by atoms with Crippen LogP contribution in [-0.4, -0.2) is 35.1 Å². The molecule has 0 amide bonds. The molecule has 0 aliphatic heterocycles. The second kappa shape index (κ2) is 12.5.